The number of likely N-dealkylation sites (N-methyl/N-ethyl adjacent to an activating group) is 1. The molecule has 0 saturated carbocycles. The van der Waals surface area contributed by atoms with Gasteiger partial charge in [0.15, 0.2) is 0 Å². The molecule has 1 aromatic rings. The molecule has 0 amide bonds. The average Bonchev–Trinajstić information content (AvgIpc) is 2.47. The fraction of sp³-hybridized carbons (Fsp3) is 0.571. The van der Waals surface area contributed by atoms with Crippen molar-refractivity contribution in [1.82, 2.24) is 0 Å². The van der Waals surface area contributed by atoms with Gasteiger partial charge in [-0.3, -0.25) is 10.1 Å². The molecule has 1 aromatic carbocycles. The molecule has 1 heterocycles. The Morgan fingerprint density at radius 3 is 2.90 bits per heavy atom. The topological polar surface area (TPSA) is 67.6 Å². The first kappa shape index (κ1) is 14.6. The fourth-order valence-corrected chi connectivity index (χ4v) is 2.59. The first-order valence-corrected chi connectivity index (χ1v) is 6.91. The van der Waals surface area contributed by atoms with Crippen molar-refractivity contribution in [3.05, 3.63) is 28.3 Å². The molecule has 1 fully saturated rings. The molecule has 1 saturated heterocycles. The molecular formula is C14H21N3O3. The number of nitro benzene ring substituents is 1. The van der Waals surface area contributed by atoms with Crippen LogP contribution >= 0.6 is 0 Å². The van der Waals surface area contributed by atoms with Crippen LogP contribution in [-0.4, -0.2) is 38.3 Å². The summed E-state index contributed by atoms with van der Waals surface area (Å²) in [6, 6.07) is 5.32. The van der Waals surface area contributed by atoms with E-state index in [1.165, 1.54) is 0 Å². The second-order valence-electron chi connectivity index (χ2n) is 5.05. The number of nitrogens with one attached hydrogen (secondary N) is 1. The van der Waals surface area contributed by atoms with E-state index in [1.807, 2.05) is 18.0 Å². The van der Waals surface area contributed by atoms with Crippen molar-refractivity contribution < 1.29 is 9.66 Å². The third-order valence-electron chi connectivity index (χ3n) is 3.63. The van der Waals surface area contributed by atoms with E-state index in [0.29, 0.717) is 17.9 Å². The van der Waals surface area contributed by atoms with E-state index in [-0.39, 0.29) is 16.7 Å². The Morgan fingerprint density at radius 1 is 1.50 bits per heavy atom. The van der Waals surface area contributed by atoms with E-state index in [4.69, 9.17) is 4.74 Å². The lowest BCUT2D eigenvalue weighted by Gasteiger charge is -2.28. The van der Waals surface area contributed by atoms with Gasteiger partial charge in [-0.05, 0) is 31.4 Å². The van der Waals surface area contributed by atoms with Gasteiger partial charge in [-0.15, -0.1) is 0 Å². The second-order valence-corrected chi connectivity index (χ2v) is 5.05. The van der Waals surface area contributed by atoms with Gasteiger partial charge in [-0.25, -0.2) is 0 Å². The Bertz CT molecular complexity index is 473. The average molecular weight is 279 g/mol. The van der Waals surface area contributed by atoms with Gasteiger partial charge in [0, 0.05) is 27.2 Å². The van der Waals surface area contributed by atoms with Crippen LogP contribution in [0.15, 0.2) is 18.2 Å². The molecule has 1 aliphatic rings. The van der Waals surface area contributed by atoms with Crippen molar-refractivity contribution in [2.75, 3.05) is 37.5 Å². The molecule has 0 radical (unpaired) electrons. The minimum atomic E-state index is -0.334. The summed E-state index contributed by atoms with van der Waals surface area (Å²) in [5, 5.41) is 14.2. The molecule has 20 heavy (non-hydrogen) atoms. The van der Waals surface area contributed by atoms with E-state index in [1.54, 1.807) is 19.2 Å². The quantitative estimate of drug-likeness (QED) is 0.663. The lowest BCUT2D eigenvalue weighted by atomic mass is 10.1. The maximum atomic E-state index is 11.3. The fourth-order valence-electron chi connectivity index (χ4n) is 2.59. The van der Waals surface area contributed by atoms with E-state index >= 15 is 0 Å². The van der Waals surface area contributed by atoms with Gasteiger partial charge >= 0.3 is 5.69 Å². The maximum Gasteiger partial charge on any atom is 0.315 e. The van der Waals surface area contributed by atoms with Crippen LogP contribution < -0.4 is 10.2 Å². The van der Waals surface area contributed by atoms with Gasteiger partial charge in [-0.1, -0.05) is 6.07 Å². The number of benzene rings is 1. The molecule has 0 aromatic heterocycles. The molecule has 2 rings (SSSR count). The number of anilines is 2. The van der Waals surface area contributed by atoms with Gasteiger partial charge < -0.3 is 15.0 Å². The third-order valence-corrected chi connectivity index (χ3v) is 3.63. The Hall–Kier alpha value is -1.82. The SMILES string of the molecule is CNc1cccc(N(C)CC2CCCCO2)c1[N+](=O)[O-]. The van der Waals surface area contributed by atoms with Crippen molar-refractivity contribution in [3.63, 3.8) is 0 Å². The molecule has 1 atom stereocenters. The van der Waals surface area contributed by atoms with Crippen LogP contribution in [0.25, 0.3) is 0 Å². The Balaban J connectivity index is 2.19. The number of nitrogens with zero attached hydrogens (tertiary/aromatic N) is 2. The highest BCUT2D eigenvalue weighted by Crippen LogP contribution is 2.35. The molecule has 0 spiro atoms. The standard InChI is InChI=1S/C14H21N3O3/c1-15-12-7-5-8-13(14(12)17(18)19)16(2)10-11-6-3-4-9-20-11/h5,7-8,11,15H,3-4,6,9-10H2,1-2H3. The van der Waals surface area contributed by atoms with Crippen molar-refractivity contribution >= 4 is 17.1 Å². The summed E-state index contributed by atoms with van der Waals surface area (Å²) in [5.74, 6) is 0. The van der Waals surface area contributed by atoms with E-state index in [9.17, 15) is 10.1 Å². The molecular weight excluding hydrogens is 258 g/mol. The van der Waals surface area contributed by atoms with Gasteiger partial charge in [0.05, 0.1) is 11.0 Å². The van der Waals surface area contributed by atoms with Crippen LogP contribution in [0.1, 0.15) is 19.3 Å². The highest BCUT2D eigenvalue weighted by molar-refractivity contribution is 5.76. The summed E-state index contributed by atoms with van der Waals surface area (Å²) >= 11 is 0. The molecule has 0 aliphatic carbocycles. The van der Waals surface area contributed by atoms with Gasteiger partial charge in [-0.2, -0.15) is 0 Å². The largest absolute Gasteiger partial charge is 0.382 e. The Morgan fingerprint density at radius 2 is 2.30 bits per heavy atom. The van der Waals surface area contributed by atoms with Crippen molar-refractivity contribution in [2.45, 2.75) is 25.4 Å². The lowest BCUT2D eigenvalue weighted by molar-refractivity contribution is -0.383. The van der Waals surface area contributed by atoms with Crippen LogP contribution in [0, 0.1) is 10.1 Å². The maximum absolute atomic E-state index is 11.3. The zero-order valence-electron chi connectivity index (χ0n) is 12.0. The smallest absolute Gasteiger partial charge is 0.315 e. The highest BCUT2D eigenvalue weighted by Gasteiger charge is 2.24. The molecule has 110 valence electrons. The molecule has 6 nitrogen and oxygen atoms in total. The van der Waals surface area contributed by atoms with E-state index in [0.717, 1.165) is 25.9 Å². The number of hydrogen-bond acceptors (Lipinski definition) is 5. The van der Waals surface area contributed by atoms with Crippen molar-refractivity contribution in [3.8, 4) is 0 Å². The van der Waals surface area contributed by atoms with Crippen molar-refractivity contribution in [2.24, 2.45) is 0 Å². The van der Waals surface area contributed by atoms with Crippen LogP contribution in [0.5, 0.6) is 0 Å². The second kappa shape index (κ2) is 6.56. The first-order chi connectivity index (χ1) is 9.63. The third kappa shape index (κ3) is 3.19. The van der Waals surface area contributed by atoms with Crippen LogP contribution in [0.4, 0.5) is 17.1 Å². The van der Waals surface area contributed by atoms with Gasteiger partial charge in [0.25, 0.3) is 0 Å². The zero-order valence-corrected chi connectivity index (χ0v) is 12.0. The molecule has 1 N–H and O–H groups in total. The molecule has 6 heteroatoms. The number of rotatable bonds is 5. The number of nitro groups is 1. The summed E-state index contributed by atoms with van der Waals surface area (Å²) in [6.07, 6.45) is 3.45. The minimum absolute atomic E-state index is 0.119. The predicted octanol–water partition coefficient (Wildman–Crippen LogP) is 2.64. The number of ether oxygens (including phenoxy) is 1. The van der Waals surface area contributed by atoms with Gasteiger partial charge in [0.1, 0.15) is 11.4 Å². The van der Waals surface area contributed by atoms with E-state index < -0.39 is 0 Å². The van der Waals surface area contributed by atoms with Crippen LogP contribution in [-0.2, 0) is 4.74 Å². The first-order valence-electron chi connectivity index (χ1n) is 6.91. The molecule has 1 aliphatic heterocycles. The number of para-hydroxylation sites is 1. The summed E-state index contributed by atoms with van der Waals surface area (Å²) in [6.45, 7) is 1.46. The van der Waals surface area contributed by atoms with Crippen LogP contribution in [0.3, 0.4) is 0 Å². The molecule has 0 bridgehead atoms. The Labute approximate surface area is 118 Å². The number of hydrogen-bond donors (Lipinski definition) is 1. The lowest BCUT2D eigenvalue weighted by Crippen LogP contribution is -2.33. The minimum Gasteiger partial charge on any atom is -0.382 e. The summed E-state index contributed by atoms with van der Waals surface area (Å²) < 4.78 is 5.70. The summed E-state index contributed by atoms with van der Waals surface area (Å²) in [5.41, 5.74) is 1.27. The summed E-state index contributed by atoms with van der Waals surface area (Å²) in [7, 11) is 3.57. The normalized spacial score (nSPS) is 18.6. The molecule has 1 unspecified atom stereocenters. The van der Waals surface area contributed by atoms with Crippen LogP contribution in [0.2, 0.25) is 0 Å². The monoisotopic (exact) mass is 279 g/mol. The van der Waals surface area contributed by atoms with Crippen molar-refractivity contribution in [1.29, 1.82) is 0 Å². The predicted molar refractivity (Wildman–Crippen MR) is 79.5 cm³/mol. The Kier molecular flexibility index (Phi) is 4.79. The summed E-state index contributed by atoms with van der Waals surface area (Å²) in [4.78, 5) is 12.9. The highest BCUT2D eigenvalue weighted by atomic mass is 16.6. The van der Waals surface area contributed by atoms with Gasteiger partial charge in [0.2, 0.25) is 0 Å². The van der Waals surface area contributed by atoms with E-state index in [2.05, 4.69) is 5.32 Å². The zero-order chi connectivity index (χ0) is 14.5.